The van der Waals surface area contributed by atoms with Gasteiger partial charge in [0.25, 0.3) is 0 Å². The second-order valence-electron chi connectivity index (χ2n) is 5.60. The van der Waals surface area contributed by atoms with E-state index in [2.05, 4.69) is 37.6 Å². The third-order valence-electron chi connectivity index (χ3n) is 3.18. The first-order valence-electron chi connectivity index (χ1n) is 6.10. The third kappa shape index (κ3) is 4.35. The van der Waals surface area contributed by atoms with Crippen LogP contribution in [-0.4, -0.2) is 37.1 Å². The van der Waals surface area contributed by atoms with Crippen LogP contribution >= 0.6 is 0 Å². The number of nitrogens with zero attached hydrogens (tertiary/aromatic N) is 1. The lowest BCUT2D eigenvalue weighted by Gasteiger charge is -2.33. The number of hydrogen-bond donors (Lipinski definition) is 1. The normalized spacial score (nSPS) is 24.9. The molecule has 1 saturated heterocycles. The highest BCUT2D eigenvalue weighted by Gasteiger charge is 2.27. The molecule has 0 spiro atoms. The minimum absolute atomic E-state index is 0.358. The van der Waals surface area contributed by atoms with E-state index in [9.17, 15) is 0 Å². The van der Waals surface area contributed by atoms with E-state index in [4.69, 9.17) is 0 Å². The van der Waals surface area contributed by atoms with Crippen LogP contribution in [0, 0.1) is 5.41 Å². The Hall–Kier alpha value is -0.340. The third-order valence-corrected chi connectivity index (χ3v) is 3.18. The van der Waals surface area contributed by atoms with Crippen molar-refractivity contribution in [3.8, 4) is 0 Å². The second-order valence-corrected chi connectivity index (χ2v) is 5.60. The Balaban J connectivity index is 2.49. The predicted molar refractivity (Wildman–Crippen MR) is 67.1 cm³/mol. The van der Waals surface area contributed by atoms with Crippen molar-refractivity contribution in [3.63, 3.8) is 0 Å². The highest BCUT2D eigenvalue weighted by Crippen LogP contribution is 2.21. The first-order chi connectivity index (χ1) is 7.04. The van der Waals surface area contributed by atoms with Crippen molar-refractivity contribution in [1.82, 2.24) is 10.2 Å². The summed E-state index contributed by atoms with van der Waals surface area (Å²) >= 11 is 0. The van der Waals surface area contributed by atoms with Gasteiger partial charge in [-0.2, -0.15) is 0 Å². The summed E-state index contributed by atoms with van der Waals surface area (Å²) in [6.07, 6.45) is 4.39. The maximum absolute atomic E-state index is 3.79. The zero-order valence-corrected chi connectivity index (χ0v) is 10.6. The molecule has 1 unspecified atom stereocenters. The first kappa shape index (κ1) is 12.7. The Bertz CT molecular complexity index is 193. The number of nitrogens with one attached hydrogen (secondary N) is 1. The summed E-state index contributed by atoms with van der Waals surface area (Å²) in [5.74, 6) is 0. The lowest BCUT2D eigenvalue weighted by atomic mass is 9.86. The molecule has 1 heterocycles. The molecule has 1 fully saturated rings. The quantitative estimate of drug-likeness (QED) is 0.719. The maximum Gasteiger partial charge on any atom is 0.0243 e. The summed E-state index contributed by atoms with van der Waals surface area (Å²) in [5.41, 5.74) is 0.358. The minimum atomic E-state index is 0.358. The summed E-state index contributed by atoms with van der Waals surface area (Å²) in [4.78, 5) is 2.57. The van der Waals surface area contributed by atoms with Gasteiger partial charge in [-0.15, -0.1) is 6.58 Å². The van der Waals surface area contributed by atoms with Crippen molar-refractivity contribution in [2.75, 3.05) is 26.2 Å². The molecule has 0 saturated carbocycles. The summed E-state index contributed by atoms with van der Waals surface area (Å²) in [5, 5.41) is 3.66. The van der Waals surface area contributed by atoms with Crippen LogP contribution in [0.3, 0.4) is 0 Å². The average molecular weight is 210 g/mol. The number of hydrogen-bond acceptors (Lipinski definition) is 2. The van der Waals surface area contributed by atoms with Crippen LogP contribution in [-0.2, 0) is 0 Å². The highest BCUT2D eigenvalue weighted by molar-refractivity contribution is 4.86. The van der Waals surface area contributed by atoms with Crippen LogP contribution in [0.15, 0.2) is 12.7 Å². The Morgan fingerprint density at radius 1 is 1.47 bits per heavy atom. The largest absolute Gasteiger partial charge is 0.312 e. The summed E-state index contributed by atoms with van der Waals surface area (Å²) in [6, 6.07) is 0.616. The molecule has 88 valence electrons. The highest BCUT2D eigenvalue weighted by atomic mass is 15.2. The predicted octanol–water partition coefficient (Wildman–Crippen LogP) is 2.27. The molecule has 0 aromatic rings. The molecule has 1 N–H and O–H groups in total. The fourth-order valence-corrected chi connectivity index (χ4v) is 2.05. The molecule has 0 aromatic heterocycles. The van der Waals surface area contributed by atoms with Crippen LogP contribution in [0.25, 0.3) is 0 Å². The molecule has 1 aliphatic rings. The van der Waals surface area contributed by atoms with Gasteiger partial charge >= 0.3 is 0 Å². The topological polar surface area (TPSA) is 15.3 Å². The molecule has 1 atom stereocenters. The summed E-state index contributed by atoms with van der Waals surface area (Å²) < 4.78 is 0. The van der Waals surface area contributed by atoms with Crippen molar-refractivity contribution < 1.29 is 0 Å². The molecule has 0 radical (unpaired) electrons. The lowest BCUT2D eigenvalue weighted by Crippen LogP contribution is -2.46. The van der Waals surface area contributed by atoms with E-state index in [0.29, 0.717) is 11.5 Å². The van der Waals surface area contributed by atoms with Crippen LogP contribution in [0.4, 0.5) is 0 Å². The van der Waals surface area contributed by atoms with Crippen LogP contribution in [0.2, 0.25) is 0 Å². The van der Waals surface area contributed by atoms with Gasteiger partial charge in [-0.25, -0.2) is 0 Å². The van der Waals surface area contributed by atoms with Gasteiger partial charge in [-0.3, -0.25) is 0 Å². The van der Waals surface area contributed by atoms with Gasteiger partial charge in [0.15, 0.2) is 0 Å². The standard InChI is InChI=1S/C13H26N2/c1-5-6-9-15-10-7-8-14-12(11-15)13(2,3)4/h5,12,14H,1,6-11H2,2-4H3. The van der Waals surface area contributed by atoms with Gasteiger partial charge in [0.1, 0.15) is 0 Å². The Morgan fingerprint density at radius 3 is 2.80 bits per heavy atom. The zero-order chi connectivity index (χ0) is 11.3. The fourth-order valence-electron chi connectivity index (χ4n) is 2.05. The average Bonchev–Trinajstić information content (AvgIpc) is 2.38. The molecule has 0 bridgehead atoms. The molecule has 0 amide bonds. The van der Waals surface area contributed by atoms with Gasteiger partial charge in [0.05, 0.1) is 0 Å². The van der Waals surface area contributed by atoms with E-state index in [1.165, 1.54) is 19.5 Å². The van der Waals surface area contributed by atoms with Gasteiger partial charge in [-0.05, 0) is 31.3 Å². The van der Waals surface area contributed by atoms with E-state index >= 15 is 0 Å². The van der Waals surface area contributed by atoms with E-state index in [1.807, 2.05) is 6.08 Å². The Morgan fingerprint density at radius 2 is 2.20 bits per heavy atom. The number of rotatable bonds is 3. The lowest BCUT2D eigenvalue weighted by molar-refractivity contribution is 0.199. The smallest absolute Gasteiger partial charge is 0.0243 e. The molecule has 2 nitrogen and oxygen atoms in total. The zero-order valence-electron chi connectivity index (χ0n) is 10.6. The van der Waals surface area contributed by atoms with Gasteiger partial charge < -0.3 is 10.2 Å². The summed E-state index contributed by atoms with van der Waals surface area (Å²) in [6.45, 7) is 15.5. The van der Waals surface area contributed by atoms with Gasteiger partial charge in [-0.1, -0.05) is 26.8 Å². The van der Waals surface area contributed by atoms with Crippen molar-refractivity contribution >= 4 is 0 Å². The van der Waals surface area contributed by atoms with Crippen molar-refractivity contribution in [1.29, 1.82) is 0 Å². The fraction of sp³-hybridized carbons (Fsp3) is 0.846. The van der Waals surface area contributed by atoms with E-state index in [0.717, 1.165) is 19.5 Å². The van der Waals surface area contributed by atoms with Crippen molar-refractivity contribution in [3.05, 3.63) is 12.7 Å². The van der Waals surface area contributed by atoms with E-state index in [-0.39, 0.29) is 0 Å². The first-order valence-corrected chi connectivity index (χ1v) is 6.10. The van der Waals surface area contributed by atoms with Crippen molar-refractivity contribution in [2.45, 2.75) is 39.7 Å². The Labute approximate surface area is 94.7 Å². The molecule has 0 aliphatic carbocycles. The Kier molecular flexibility index (Phi) is 4.81. The van der Waals surface area contributed by atoms with Crippen molar-refractivity contribution in [2.24, 2.45) is 5.41 Å². The van der Waals surface area contributed by atoms with Gasteiger partial charge in [0.2, 0.25) is 0 Å². The maximum atomic E-state index is 3.79. The molecule has 1 aliphatic heterocycles. The summed E-state index contributed by atoms with van der Waals surface area (Å²) in [7, 11) is 0. The molecule has 15 heavy (non-hydrogen) atoms. The molecular weight excluding hydrogens is 184 g/mol. The van der Waals surface area contributed by atoms with Crippen LogP contribution in [0.1, 0.15) is 33.6 Å². The molecule has 2 heteroatoms. The molecule has 0 aromatic carbocycles. The van der Waals surface area contributed by atoms with E-state index < -0.39 is 0 Å². The van der Waals surface area contributed by atoms with Gasteiger partial charge in [0, 0.05) is 19.1 Å². The molecule has 1 rings (SSSR count). The monoisotopic (exact) mass is 210 g/mol. The van der Waals surface area contributed by atoms with E-state index in [1.54, 1.807) is 0 Å². The second kappa shape index (κ2) is 5.66. The SMILES string of the molecule is C=CCCN1CCCNC(C(C)(C)C)C1. The van der Waals surface area contributed by atoms with Crippen LogP contribution < -0.4 is 5.32 Å². The molecular formula is C13H26N2. The minimum Gasteiger partial charge on any atom is -0.312 e. The van der Waals surface area contributed by atoms with Crippen LogP contribution in [0.5, 0.6) is 0 Å².